The largest absolute Gasteiger partial charge is 0.497 e. The minimum Gasteiger partial charge on any atom is -0.497 e. The van der Waals surface area contributed by atoms with Gasteiger partial charge in [0.1, 0.15) is 10.8 Å². The maximum atomic E-state index is 12.7. The number of nitrogens with one attached hydrogen (secondary N) is 2. The summed E-state index contributed by atoms with van der Waals surface area (Å²) in [5, 5.41) is 15.2. The van der Waals surface area contributed by atoms with Crippen molar-refractivity contribution in [2.24, 2.45) is 0 Å². The van der Waals surface area contributed by atoms with E-state index in [0.717, 1.165) is 34.8 Å². The molecule has 1 aliphatic rings. The zero-order valence-electron chi connectivity index (χ0n) is 18.0. The van der Waals surface area contributed by atoms with Gasteiger partial charge in [-0.25, -0.2) is 4.79 Å². The molecule has 0 spiro atoms. The first-order valence-corrected chi connectivity index (χ1v) is 11.2. The van der Waals surface area contributed by atoms with Gasteiger partial charge < -0.3 is 20.3 Å². The molecule has 2 aromatic carbocycles. The number of rotatable bonds is 5. The number of aryl methyl sites for hydroxylation is 1. The smallest absolute Gasteiger partial charge is 0.321 e. The lowest BCUT2D eigenvalue weighted by Crippen LogP contribution is -2.41. The van der Waals surface area contributed by atoms with Gasteiger partial charge in [-0.1, -0.05) is 29.0 Å². The Morgan fingerprint density at radius 1 is 1.03 bits per heavy atom. The van der Waals surface area contributed by atoms with Gasteiger partial charge in [-0.15, -0.1) is 10.2 Å². The quantitative estimate of drug-likeness (QED) is 0.595. The molecule has 166 valence electrons. The number of ether oxygens (including phenoxy) is 1. The second-order valence-corrected chi connectivity index (χ2v) is 8.72. The second kappa shape index (κ2) is 9.78. The van der Waals surface area contributed by atoms with Gasteiger partial charge in [-0.2, -0.15) is 0 Å². The number of carbonyl (C=O) groups is 2. The first-order valence-electron chi connectivity index (χ1n) is 10.4. The molecule has 9 heteroatoms. The third-order valence-corrected chi connectivity index (χ3v) is 6.43. The number of nitrogens with zero attached hydrogens (tertiary/aromatic N) is 3. The number of likely N-dealkylation sites (tertiary alicyclic amines) is 1. The predicted molar refractivity (Wildman–Crippen MR) is 125 cm³/mol. The van der Waals surface area contributed by atoms with Crippen LogP contribution in [0.5, 0.6) is 5.75 Å². The van der Waals surface area contributed by atoms with Crippen LogP contribution in [0.2, 0.25) is 0 Å². The Hall–Kier alpha value is -3.46. The normalized spacial score (nSPS) is 15.8. The summed E-state index contributed by atoms with van der Waals surface area (Å²) >= 11 is 1.28. The molecule has 0 radical (unpaired) electrons. The van der Waals surface area contributed by atoms with Crippen LogP contribution in [0.1, 0.15) is 39.1 Å². The van der Waals surface area contributed by atoms with E-state index in [0.29, 0.717) is 23.8 Å². The fourth-order valence-corrected chi connectivity index (χ4v) is 4.42. The average molecular weight is 452 g/mol. The van der Waals surface area contributed by atoms with Crippen LogP contribution in [0.15, 0.2) is 48.5 Å². The molecule has 0 unspecified atom stereocenters. The Morgan fingerprint density at radius 2 is 1.72 bits per heavy atom. The maximum absolute atomic E-state index is 12.7. The Balaban J connectivity index is 1.36. The summed E-state index contributed by atoms with van der Waals surface area (Å²) < 4.78 is 5.13. The summed E-state index contributed by atoms with van der Waals surface area (Å²) in [6, 6.07) is 14.7. The number of carbonyl (C=O) groups excluding carboxylic acids is 2. The second-order valence-electron chi connectivity index (χ2n) is 7.71. The first kappa shape index (κ1) is 21.8. The summed E-state index contributed by atoms with van der Waals surface area (Å²) in [6.07, 6.45) is 1.78. The highest BCUT2D eigenvalue weighted by Crippen LogP contribution is 2.30. The van der Waals surface area contributed by atoms with Crippen LogP contribution in [0.3, 0.4) is 0 Å². The van der Waals surface area contributed by atoms with Crippen LogP contribution >= 0.6 is 11.3 Å². The minimum atomic E-state index is -0.302. The number of hydrogen-bond acceptors (Lipinski definition) is 6. The molecule has 0 aliphatic carbocycles. The van der Waals surface area contributed by atoms with Gasteiger partial charge in [0, 0.05) is 30.4 Å². The SMILES string of the molecule is COc1ccc(NC(=O)c2nnc([C@H]3CCCN(C(=O)Nc4ccc(C)cc4)C3)s2)cc1. The van der Waals surface area contributed by atoms with Crippen molar-refractivity contribution < 1.29 is 14.3 Å². The van der Waals surface area contributed by atoms with Crippen LogP contribution in [0.4, 0.5) is 16.2 Å². The summed E-state index contributed by atoms with van der Waals surface area (Å²) in [5.41, 5.74) is 2.57. The van der Waals surface area contributed by atoms with Crippen molar-refractivity contribution in [2.45, 2.75) is 25.7 Å². The van der Waals surface area contributed by atoms with Crippen molar-refractivity contribution in [3.8, 4) is 5.75 Å². The zero-order chi connectivity index (χ0) is 22.5. The van der Waals surface area contributed by atoms with E-state index in [4.69, 9.17) is 4.74 Å². The van der Waals surface area contributed by atoms with Crippen molar-refractivity contribution in [1.29, 1.82) is 0 Å². The number of anilines is 2. The Kier molecular flexibility index (Phi) is 6.65. The number of methoxy groups -OCH3 is 1. The third-order valence-electron chi connectivity index (χ3n) is 5.34. The van der Waals surface area contributed by atoms with Gasteiger partial charge in [0.05, 0.1) is 7.11 Å². The zero-order valence-corrected chi connectivity index (χ0v) is 18.8. The maximum Gasteiger partial charge on any atom is 0.321 e. The number of amides is 3. The summed E-state index contributed by atoms with van der Waals surface area (Å²) in [5.74, 6) is 0.478. The van der Waals surface area contributed by atoms with Crippen molar-refractivity contribution in [3.05, 3.63) is 64.1 Å². The van der Waals surface area contributed by atoms with E-state index in [1.165, 1.54) is 11.3 Å². The Morgan fingerprint density at radius 3 is 2.44 bits per heavy atom. The molecule has 2 heterocycles. The number of aromatic nitrogens is 2. The Labute approximate surface area is 190 Å². The highest BCUT2D eigenvalue weighted by molar-refractivity contribution is 7.13. The van der Waals surface area contributed by atoms with Crippen molar-refractivity contribution in [1.82, 2.24) is 15.1 Å². The van der Waals surface area contributed by atoms with E-state index in [1.54, 1.807) is 36.3 Å². The van der Waals surface area contributed by atoms with Crippen LogP contribution in [-0.4, -0.2) is 47.2 Å². The van der Waals surface area contributed by atoms with Gasteiger partial charge in [0.25, 0.3) is 5.91 Å². The predicted octanol–water partition coefficient (Wildman–Crippen LogP) is 4.52. The van der Waals surface area contributed by atoms with Crippen LogP contribution < -0.4 is 15.4 Å². The number of benzene rings is 2. The van der Waals surface area contributed by atoms with Crippen LogP contribution in [0, 0.1) is 6.92 Å². The van der Waals surface area contributed by atoms with Gasteiger partial charge in [0.15, 0.2) is 0 Å². The van der Waals surface area contributed by atoms with Crippen LogP contribution in [0.25, 0.3) is 0 Å². The molecule has 0 bridgehead atoms. The monoisotopic (exact) mass is 451 g/mol. The van der Waals surface area contributed by atoms with E-state index in [9.17, 15) is 9.59 Å². The van der Waals surface area contributed by atoms with E-state index in [1.807, 2.05) is 31.2 Å². The summed E-state index contributed by atoms with van der Waals surface area (Å²) in [7, 11) is 1.59. The fraction of sp³-hybridized carbons (Fsp3) is 0.304. The summed E-state index contributed by atoms with van der Waals surface area (Å²) in [4.78, 5) is 27.1. The molecule has 1 fully saturated rings. The number of urea groups is 1. The lowest BCUT2D eigenvalue weighted by molar-refractivity contribution is 0.102. The molecule has 4 rings (SSSR count). The van der Waals surface area contributed by atoms with Crippen LogP contribution in [-0.2, 0) is 0 Å². The fourth-order valence-electron chi connectivity index (χ4n) is 3.55. The molecule has 1 aliphatic heterocycles. The van der Waals surface area contributed by atoms with E-state index >= 15 is 0 Å². The number of piperidine rings is 1. The van der Waals surface area contributed by atoms with Crippen molar-refractivity contribution in [2.75, 3.05) is 30.8 Å². The van der Waals surface area contributed by atoms with E-state index < -0.39 is 0 Å². The summed E-state index contributed by atoms with van der Waals surface area (Å²) in [6.45, 7) is 3.25. The molecule has 0 saturated carbocycles. The molecule has 3 aromatic rings. The highest BCUT2D eigenvalue weighted by atomic mass is 32.1. The van der Waals surface area contributed by atoms with Gasteiger partial charge in [0.2, 0.25) is 5.01 Å². The van der Waals surface area contributed by atoms with Gasteiger partial charge in [-0.3, -0.25) is 4.79 Å². The Bertz CT molecular complexity index is 1080. The average Bonchev–Trinajstić information content (AvgIpc) is 3.32. The van der Waals surface area contributed by atoms with Gasteiger partial charge >= 0.3 is 6.03 Å². The van der Waals surface area contributed by atoms with Crippen molar-refractivity contribution >= 4 is 34.6 Å². The van der Waals surface area contributed by atoms with Gasteiger partial charge in [-0.05, 0) is 56.2 Å². The van der Waals surface area contributed by atoms with E-state index in [2.05, 4.69) is 20.8 Å². The molecule has 1 aromatic heterocycles. The van der Waals surface area contributed by atoms with E-state index in [-0.39, 0.29) is 17.9 Å². The molecular formula is C23H25N5O3S. The standard InChI is InChI=1S/C23H25N5O3S/c1-15-5-7-18(8-6-15)25-23(30)28-13-3-4-16(14-28)21-26-27-22(32-21)20(29)24-17-9-11-19(31-2)12-10-17/h5-12,16H,3-4,13-14H2,1-2H3,(H,24,29)(H,25,30)/t16-/m0/s1. The molecule has 1 atom stereocenters. The molecule has 8 nitrogen and oxygen atoms in total. The van der Waals surface area contributed by atoms with Crippen molar-refractivity contribution in [3.63, 3.8) is 0 Å². The number of hydrogen-bond donors (Lipinski definition) is 2. The molecule has 2 N–H and O–H groups in total. The molecule has 1 saturated heterocycles. The minimum absolute atomic E-state index is 0.0626. The molecular weight excluding hydrogens is 426 g/mol. The first-order chi connectivity index (χ1) is 15.5. The highest BCUT2D eigenvalue weighted by Gasteiger charge is 2.28. The molecule has 32 heavy (non-hydrogen) atoms. The lowest BCUT2D eigenvalue weighted by Gasteiger charge is -2.31. The molecule has 3 amide bonds. The topological polar surface area (TPSA) is 96.4 Å². The third kappa shape index (κ3) is 5.23. The lowest BCUT2D eigenvalue weighted by atomic mass is 9.99.